The van der Waals surface area contributed by atoms with Crippen molar-refractivity contribution in [1.29, 1.82) is 0 Å². The predicted octanol–water partition coefficient (Wildman–Crippen LogP) is 2.56. The van der Waals surface area contributed by atoms with Gasteiger partial charge in [-0.25, -0.2) is 0 Å². The molecule has 1 heterocycles. The molecule has 0 bridgehead atoms. The lowest BCUT2D eigenvalue weighted by molar-refractivity contribution is 0.0934. The van der Waals surface area contributed by atoms with Crippen LogP contribution in [-0.2, 0) is 6.54 Å². The van der Waals surface area contributed by atoms with E-state index in [-0.39, 0.29) is 23.6 Å². The maximum atomic E-state index is 12.4. The molecule has 7 heteroatoms. The molecule has 2 N–H and O–H groups in total. The Morgan fingerprint density at radius 1 is 1.07 bits per heavy atom. The van der Waals surface area contributed by atoms with Crippen LogP contribution in [0.5, 0.6) is 11.5 Å². The van der Waals surface area contributed by atoms with Gasteiger partial charge in [0.25, 0.3) is 11.8 Å². The second kappa shape index (κ2) is 9.56. The molecule has 27 heavy (non-hydrogen) atoms. The molecule has 7 nitrogen and oxygen atoms in total. The van der Waals surface area contributed by atoms with Gasteiger partial charge in [0, 0.05) is 24.3 Å². The molecule has 0 aliphatic carbocycles. The molecule has 0 saturated heterocycles. The number of ether oxygens (including phenoxy) is 2. The summed E-state index contributed by atoms with van der Waals surface area (Å²) in [5.41, 5.74) is 1.46. The van der Waals surface area contributed by atoms with Gasteiger partial charge in [-0.15, -0.1) is 0 Å². The number of carbonyl (C=O) groups excluding carboxylic acids is 2. The van der Waals surface area contributed by atoms with Gasteiger partial charge in [-0.05, 0) is 43.2 Å². The average Bonchev–Trinajstić information content (AvgIpc) is 2.71. The Labute approximate surface area is 159 Å². The van der Waals surface area contributed by atoms with Gasteiger partial charge in [-0.1, -0.05) is 13.0 Å². The third-order valence-electron chi connectivity index (χ3n) is 4.15. The zero-order chi connectivity index (χ0) is 19.8. The molecular weight excluding hydrogens is 346 g/mol. The molecule has 1 aromatic carbocycles. The lowest BCUT2D eigenvalue weighted by Crippen LogP contribution is -2.32. The van der Waals surface area contributed by atoms with E-state index in [0.29, 0.717) is 23.6 Å². The molecule has 1 unspecified atom stereocenters. The molecule has 0 aliphatic heterocycles. The van der Waals surface area contributed by atoms with E-state index in [1.165, 1.54) is 12.3 Å². The van der Waals surface area contributed by atoms with Crippen LogP contribution in [0.1, 0.15) is 46.7 Å². The van der Waals surface area contributed by atoms with Gasteiger partial charge >= 0.3 is 0 Å². The molecule has 0 spiro atoms. The van der Waals surface area contributed by atoms with E-state index in [9.17, 15) is 9.59 Å². The highest BCUT2D eigenvalue weighted by molar-refractivity contribution is 5.98. The number of hydrogen-bond donors (Lipinski definition) is 2. The molecule has 0 aliphatic rings. The Morgan fingerprint density at radius 3 is 2.48 bits per heavy atom. The van der Waals surface area contributed by atoms with Crippen LogP contribution in [-0.4, -0.2) is 37.1 Å². The van der Waals surface area contributed by atoms with Crippen LogP contribution < -0.4 is 20.1 Å². The summed E-state index contributed by atoms with van der Waals surface area (Å²) >= 11 is 0. The van der Waals surface area contributed by atoms with Crippen LogP contribution >= 0.6 is 0 Å². The molecule has 1 atom stereocenters. The summed E-state index contributed by atoms with van der Waals surface area (Å²) in [6.07, 6.45) is 2.27. The van der Waals surface area contributed by atoms with Crippen molar-refractivity contribution in [2.24, 2.45) is 0 Å². The Balaban J connectivity index is 2.04. The van der Waals surface area contributed by atoms with Gasteiger partial charge in [0.15, 0.2) is 11.5 Å². The van der Waals surface area contributed by atoms with Crippen molar-refractivity contribution in [2.75, 3.05) is 14.2 Å². The largest absolute Gasteiger partial charge is 0.493 e. The molecule has 0 saturated carbocycles. The number of rotatable bonds is 8. The van der Waals surface area contributed by atoms with Crippen molar-refractivity contribution < 1.29 is 19.1 Å². The number of nitrogens with one attached hydrogen (secondary N) is 2. The maximum Gasteiger partial charge on any atom is 0.270 e. The molecule has 144 valence electrons. The van der Waals surface area contributed by atoms with Gasteiger partial charge < -0.3 is 20.1 Å². The van der Waals surface area contributed by atoms with Crippen LogP contribution in [0.2, 0.25) is 0 Å². The number of methoxy groups -OCH3 is 2. The minimum absolute atomic E-state index is 0.0434. The minimum atomic E-state index is -0.293. The summed E-state index contributed by atoms with van der Waals surface area (Å²) in [6, 6.07) is 8.54. The average molecular weight is 371 g/mol. The number of aromatic nitrogens is 1. The first-order valence-corrected chi connectivity index (χ1v) is 8.74. The molecule has 0 fully saturated rings. The van der Waals surface area contributed by atoms with Crippen molar-refractivity contribution in [3.63, 3.8) is 0 Å². The zero-order valence-corrected chi connectivity index (χ0v) is 16.0. The number of pyridine rings is 1. The van der Waals surface area contributed by atoms with E-state index in [2.05, 4.69) is 15.6 Å². The fourth-order valence-corrected chi connectivity index (χ4v) is 2.37. The number of amides is 2. The zero-order valence-electron chi connectivity index (χ0n) is 16.0. The molecule has 2 amide bonds. The maximum absolute atomic E-state index is 12.4. The fraction of sp³-hybridized carbons (Fsp3) is 0.350. The topological polar surface area (TPSA) is 89.6 Å². The van der Waals surface area contributed by atoms with Gasteiger partial charge in [-0.3, -0.25) is 14.6 Å². The SMILES string of the molecule is CCC(C)NC(=O)c1cc(C(=O)NCc2ccc(OC)c(OC)c2)ccn1. The normalized spacial score (nSPS) is 11.4. The second-order valence-corrected chi connectivity index (χ2v) is 6.08. The van der Waals surface area contributed by atoms with E-state index >= 15 is 0 Å². The summed E-state index contributed by atoms with van der Waals surface area (Å²) in [6.45, 7) is 4.21. The first-order valence-electron chi connectivity index (χ1n) is 8.74. The van der Waals surface area contributed by atoms with E-state index in [1.54, 1.807) is 32.4 Å². The highest BCUT2D eigenvalue weighted by Gasteiger charge is 2.13. The van der Waals surface area contributed by atoms with Gasteiger partial charge in [0.1, 0.15) is 5.69 Å². The Bertz CT molecular complexity index is 808. The smallest absolute Gasteiger partial charge is 0.270 e. The first kappa shape index (κ1) is 20.2. The third-order valence-corrected chi connectivity index (χ3v) is 4.15. The van der Waals surface area contributed by atoms with Crippen LogP contribution in [0.15, 0.2) is 36.5 Å². The predicted molar refractivity (Wildman–Crippen MR) is 102 cm³/mol. The summed E-state index contributed by atoms with van der Waals surface area (Å²) in [5.74, 6) is 0.638. The Morgan fingerprint density at radius 2 is 1.81 bits per heavy atom. The number of nitrogens with zero attached hydrogens (tertiary/aromatic N) is 1. The monoisotopic (exact) mass is 371 g/mol. The van der Waals surface area contributed by atoms with Crippen molar-refractivity contribution >= 4 is 11.8 Å². The summed E-state index contributed by atoms with van der Waals surface area (Å²) in [5, 5.41) is 5.66. The van der Waals surface area contributed by atoms with E-state index < -0.39 is 0 Å². The highest BCUT2D eigenvalue weighted by atomic mass is 16.5. The van der Waals surface area contributed by atoms with Gasteiger partial charge in [-0.2, -0.15) is 0 Å². The quantitative estimate of drug-likeness (QED) is 0.744. The minimum Gasteiger partial charge on any atom is -0.493 e. The molecule has 1 aromatic heterocycles. The number of hydrogen-bond acceptors (Lipinski definition) is 5. The van der Waals surface area contributed by atoms with Gasteiger partial charge in [0.2, 0.25) is 0 Å². The highest BCUT2D eigenvalue weighted by Crippen LogP contribution is 2.27. The molecular formula is C20H25N3O4. The number of carbonyl (C=O) groups is 2. The second-order valence-electron chi connectivity index (χ2n) is 6.08. The molecule has 2 rings (SSSR count). The molecule has 0 radical (unpaired) electrons. The van der Waals surface area contributed by atoms with Crippen molar-refractivity contribution in [3.05, 3.63) is 53.3 Å². The van der Waals surface area contributed by atoms with Crippen LogP contribution in [0.25, 0.3) is 0 Å². The number of benzene rings is 1. The molecule has 2 aromatic rings. The lowest BCUT2D eigenvalue weighted by atomic mass is 10.1. The van der Waals surface area contributed by atoms with Crippen molar-refractivity contribution in [2.45, 2.75) is 32.9 Å². The van der Waals surface area contributed by atoms with Gasteiger partial charge in [0.05, 0.1) is 14.2 Å². The lowest BCUT2D eigenvalue weighted by Gasteiger charge is -2.12. The van der Waals surface area contributed by atoms with Crippen molar-refractivity contribution in [1.82, 2.24) is 15.6 Å². The summed E-state index contributed by atoms with van der Waals surface area (Å²) in [7, 11) is 3.13. The van der Waals surface area contributed by atoms with Crippen LogP contribution in [0, 0.1) is 0 Å². The van der Waals surface area contributed by atoms with Crippen molar-refractivity contribution in [3.8, 4) is 11.5 Å². The fourth-order valence-electron chi connectivity index (χ4n) is 2.37. The summed E-state index contributed by atoms with van der Waals surface area (Å²) in [4.78, 5) is 28.6. The van der Waals surface area contributed by atoms with E-state index in [1.807, 2.05) is 19.9 Å². The summed E-state index contributed by atoms with van der Waals surface area (Å²) < 4.78 is 10.5. The van der Waals surface area contributed by atoms with Crippen LogP contribution in [0.4, 0.5) is 0 Å². The Hall–Kier alpha value is -3.09. The third kappa shape index (κ3) is 5.44. The van der Waals surface area contributed by atoms with Crippen LogP contribution in [0.3, 0.4) is 0 Å². The van der Waals surface area contributed by atoms with E-state index in [4.69, 9.17) is 9.47 Å². The Kier molecular flexibility index (Phi) is 7.16. The standard InChI is InChI=1S/C20H25N3O4/c1-5-13(2)23-20(25)16-11-15(8-9-21-16)19(24)22-12-14-6-7-17(26-3)18(10-14)27-4/h6-11,13H,5,12H2,1-4H3,(H,22,24)(H,23,25). The first-order chi connectivity index (χ1) is 13.0. The van der Waals surface area contributed by atoms with E-state index in [0.717, 1.165) is 12.0 Å².